The van der Waals surface area contributed by atoms with Gasteiger partial charge in [-0.25, -0.2) is 4.98 Å². The standard InChI is InChI=1S/C17H21N3O/c1-12-10-14-13-6-4-7-15(21-9-5-8-20(2)3)16(13)19-17(14)18-11-12/h4,6-7,10-11H,5,8-9H2,1-3H3,(H,18,19). The number of pyridine rings is 1. The molecule has 0 spiro atoms. The van der Waals surface area contributed by atoms with E-state index in [0.29, 0.717) is 0 Å². The number of benzene rings is 1. The Labute approximate surface area is 124 Å². The lowest BCUT2D eigenvalue weighted by atomic mass is 10.1. The predicted molar refractivity (Wildman–Crippen MR) is 87.0 cm³/mol. The second-order valence-corrected chi connectivity index (χ2v) is 5.72. The summed E-state index contributed by atoms with van der Waals surface area (Å²) in [5.41, 5.74) is 3.12. The summed E-state index contributed by atoms with van der Waals surface area (Å²) in [7, 11) is 4.15. The van der Waals surface area contributed by atoms with Crippen LogP contribution in [0.4, 0.5) is 0 Å². The van der Waals surface area contributed by atoms with Crippen LogP contribution in [0.2, 0.25) is 0 Å². The Morgan fingerprint density at radius 1 is 1.24 bits per heavy atom. The minimum absolute atomic E-state index is 0.721. The van der Waals surface area contributed by atoms with Gasteiger partial charge < -0.3 is 14.6 Å². The molecule has 4 nitrogen and oxygen atoms in total. The van der Waals surface area contributed by atoms with Gasteiger partial charge >= 0.3 is 0 Å². The van der Waals surface area contributed by atoms with Gasteiger partial charge in [-0.1, -0.05) is 12.1 Å². The van der Waals surface area contributed by atoms with Crippen LogP contribution in [0, 0.1) is 6.92 Å². The highest BCUT2D eigenvalue weighted by Crippen LogP contribution is 2.31. The van der Waals surface area contributed by atoms with Crippen molar-refractivity contribution >= 4 is 21.9 Å². The van der Waals surface area contributed by atoms with E-state index in [1.165, 1.54) is 10.9 Å². The average molecular weight is 283 g/mol. The van der Waals surface area contributed by atoms with E-state index in [1.807, 2.05) is 18.3 Å². The maximum atomic E-state index is 5.94. The van der Waals surface area contributed by atoms with Gasteiger partial charge in [-0.2, -0.15) is 0 Å². The number of hydrogen-bond acceptors (Lipinski definition) is 3. The number of H-pyrrole nitrogens is 1. The third-order valence-electron chi connectivity index (χ3n) is 3.59. The Morgan fingerprint density at radius 3 is 2.90 bits per heavy atom. The van der Waals surface area contributed by atoms with E-state index in [4.69, 9.17) is 4.74 Å². The summed E-state index contributed by atoms with van der Waals surface area (Å²) in [6.07, 6.45) is 2.90. The summed E-state index contributed by atoms with van der Waals surface area (Å²) < 4.78 is 5.94. The van der Waals surface area contributed by atoms with E-state index >= 15 is 0 Å². The molecule has 0 fully saturated rings. The number of aromatic amines is 1. The molecule has 2 heterocycles. The van der Waals surface area contributed by atoms with E-state index in [-0.39, 0.29) is 0 Å². The molecular weight excluding hydrogens is 262 g/mol. The maximum Gasteiger partial charge on any atom is 0.143 e. The van der Waals surface area contributed by atoms with Gasteiger partial charge in [0.2, 0.25) is 0 Å². The lowest BCUT2D eigenvalue weighted by Crippen LogP contribution is -2.15. The summed E-state index contributed by atoms with van der Waals surface area (Å²) in [5, 5.41) is 2.33. The third-order valence-corrected chi connectivity index (χ3v) is 3.59. The molecule has 3 aromatic rings. The first kappa shape index (κ1) is 13.9. The first-order chi connectivity index (χ1) is 10.1. The minimum atomic E-state index is 0.721. The molecule has 4 heteroatoms. The molecule has 0 bridgehead atoms. The van der Waals surface area contributed by atoms with Gasteiger partial charge in [0.1, 0.15) is 11.4 Å². The Balaban J connectivity index is 1.91. The molecule has 1 aromatic carbocycles. The molecule has 0 aliphatic carbocycles. The number of nitrogens with one attached hydrogen (secondary N) is 1. The number of nitrogens with zero attached hydrogens (tertiary/aromatic N) is 2. The normalized spacial score (nSPS) is 11.6. The van der Waals surface area contributed by atoms with Gasteiger partial charge in [-0.05, 0) is 45.1 Å². The van der Waals surface area contributed by atoms with Crippen LogP contribution < -0.4 is 4.74 Å². The SMILES string of the molecule is Cc1cnc2[nH]c3c(OCCCN(C)C)cccc3c2c1. The van der Waals surface area contributed by atoms with Crippen LogP contribution >= 0.6 is 0 Å². The van der Waals surface area contributed by atoms with Crippen LogP contribution in [0.15, 0.2) is 30.5 Å². The van der Waals surface area contributed by atoms with E-state index in [1.54, 1.807) is 0 Å². The van der Waals surface area contributed by atoms with Crippen molar-refractivity contribution in [1.29, 1.82) is 0 Å². The van der Waals surface area contributed by atoms with Gasteiger partial charge in [-0.15, -0.1) is 0 Å². The highest BCUT2D eigenvalue weighted by atomic mass is 16.5. The molecule has 2 aromatic heterocycles. The fourth-order valence-electron chi connectivity index (χ4n) is 2.56. The fourth-order valence-corrected chi connectivity index (χ4v) is 2.56. The monoisotopic (exact) mass is 283 g/mol. The van der Waals surface area contributed by atoms with Crippen molar-refractivity contribution in [2.75, 3.05) is 27.2 Å². The third kappa shape index (κ3) is 2.85. The summed E-state index contributed by atoms with van der Waals surface area (Å²) in [4.78, 5) is 10.0. The Kier molecular flexibility index (Phi) is 3.80. The summed E-state index contributed by atoms with van der Waals surface area (Å²) >= 11 is 0. The van der Waals surface area contributed by atoms with Crippen LogP contribution in [0.3, 0.4) is 0 Å². The van der Waals surface area contributed by atoms with Crippen LogP contribution in [-0.4, -0.2) is 42.1 Å². The highest BCUT2D eigenvalue weighted by molar-refractivity contribution is 6.08. The second kappa shape index (κ2) is 5.74. The molecular formula is C17H21N3O. The zero-order chi connectivity index (χ0) is 14.8. The van der Waals surface area contributed by atoms with Crippen molar-refractivity contribution in [3.05, 3.63) is 36.0 Å². The quantitative estimate of drug-likeness (QED) is 0.730. The first-order valence-corrected chi connectivity index (χ1v) is 7.30. The van der Waals surface area contributed by atoms with E-state index in [2.05, 4.69) is 48.0 Å². The second-order valence-electron chi connectivity index (χ2n) is 5.72. The molecule has 110 valence electrons. The Morgan fingerprint density at radius 2 is 2.10 bits per heavy atom. The van der Waals surface area contributed by atoms with Crippen molar-refractivity contribution in [2.45, 2.75) is 13.3 Å². The van der Waals surface area contributed by atoms with Gasteiger partial charge in [0.05, 0.1) is 12.1 Å². The molecule has 0 saturated heterocycles. The molecule has 0 atom stereocenters. The van der Waals surface area contributed by atoms with Gasteiger partial charge in [0.15, 0.2) is 0 Å². The zero-order valence-corrected chi connectivity index (χ0v) is 12.8. The Bertz CT molecular complexity index is 761. The van der Waals surface area contributed by atoms with Crippen molar-refractivity contribution in [3.63, 3.8) is 0 Å². The highest BCUT2D eigenvalue weighted by Gasteiger charge is 2.09. The molecule has 0 saturated carbocycles. The lowest BCUT2D eigenvalue weighted by molar-refractivity contribution is 0.284. The van der Waals surface area contributed by atoms with Gasteiger partial charge in [0.25, 0.3) is 0 Å². The number of aromatic nitrogens is 2. The average Bonchev–Trinajstić information content (AvgIpc) is 2.82. The topological polar surface area (TPSA) is 41.1 Å². The van der Waals surface area contributed by atoms with E-state index in [9.17, 15) is 0 Å². The number of ether oxygens (including phenoxy) is 1. The summed E-state index contributed by atoms with van der Waals surface area (Å²) in [6, 6.07) is 8.33. The number of rotatable bonds is 5. The lowest BCUT2D eigenvalue weighted by Gasteiger charge is -2.10. The van der Waals surface area contributed by atoms with Crippen LogP contribution in [-0.2, 0) is 0 Å². The number of para-hydroxylation sites is 1. The van der Waals surface area contributed by atoms with E-state index < -0.39 is 0 Å². The first-order valence-electron chi connectivity index (χ1n) is 7.30. The fraction of sp³-hybridized carbons (Fsp3) is 0.353. The number of hydrogen-bond donors (Lipinski definition) is 1. The molecule has 3 rings (SSSR count). The summed E-state index contributed by atoms with van der Waals surface area (Å²) in [5.74, 6) is 0.905. The van der Waals surface area contributed by atoms with Crippen LogP contribution in [0.25, 0.3) is 21.9 Å². The van der Waals surface area contributed by atoms with Crippen molar-refractivity contribution < 1.29 is 4.74 Å². The van der Waals surface area contributed by atoms with Gasteiger partial charge in [-0.3, -0.25) is 0 Å². The molecule has 0 amide bonds. The van der Waals surface area contributed by atoms with Gasteiger partial charge in [0, 0.05) is 23.5 Å². The molecule has 1 N–H and O–H groups in total. The molecule has 21 heavy (non-hydrogen) atoms. The number of aryl methyl sites for hydroxylation is 1. The van der Waals surface area contributed by atoms with Crippen LogP contribution in [0.1, 0.15) is 12.0 Å². The Hall–Kier alpha value is -2.07. The molecule has 0 radical (unpaired) electrons. The predicted octanol–water partition coefficient (Wildman–Crippen LogP) is 3.36. The minimum Gasteiger partial charge on any atom is -0.491 e. The zero-order valence-electron chi connectivity index (χ0n) is 12.8. The smallest absolute Gasteiger partial charge is 0.143 e. The van der Waals surface area contributed by atoms with Crippen molar-refractivity contribution in [2.24, 2.45) is 0 Å². The van der Waals surface area contributed by atoms with Crippen molar-refractivity contribution in [1.82, 2.24) is 14.9 Å². The molecule has 0 aliphatic rings. The number of fused-ring (bicyclic) bond motifs is 3. The van der Waals surface area contributed by atoms with E-state index in [0.717, 1.165) is 41.9 Å². The summed E-state index contributed by atoms with van der Waals surface area (Å²) in [6.45, 7) is 3.81. The maximum absolute atomic E-state index is 5.94. The largest absolute Gasteiger partial charge is 0.491 e. The van der Waals surface area contributed by atoms with Crippen molar-refractivity contribution in [3.8, 4) is 5.75 Å². The molecule has 0 aliphatic heterocycles. The molecule has 0 unspecified atom stereocenters. The van der Waals surface area contributed by atoms with Crippen LogP contribution in [0.5, 0.6) is 5.75 Å².